The summed E-state index contributed by atoms with van der Waals surface area (Å²) in [6.07, 6.45) is 1.69. The summed E-state index contributed by atoms with van der Waals surface area (Å²) in [7, 11) is 0. The minimum absolute atomic E-state index is 0.168. The first-order chi connectivity index (χ1) is 16.1. The van der Waals surface area contributed by atoms with Crippen molar-refractivity contribution >= 4 is 22.9 Å². The predicted octanol–water partition coefficient (Wildman–Crippen LogP) is 4.05. The van der Waals surface area contributed by atoms with E-state index in [4.69, 9.17) is 4.98 Å². The molecule has 1 saturated heterocycles. The molecule has 3 heterocycles. The molecule has 5 rings (SSSR count). The van der Waals surface area contributed by atoms with Gasteiger partial charge >= 0.3 is 6.03 Å². The first-order valence-corrected chi connectivity index (χ1v) is 10.7. The third-order valence-electron chi connectivity index (χ3n) is 5.69. The molecule has 2 amide bonds. The van der Waals surface area contributed by atoms with Crippen LogP contribution in [0.4, 0.5) is 19.3 Å². The molecule has 168 valence electrons. The van der Waals surface area contributed by atoms with Crippen molar-refractivity contribution in [2.45, 2.75) is 6.54 Å². The number of benzene rings is 2. The molecule has 9 heteroatoms. The van der Waals surface area contributed by atoms with E-state index in [1.54, 1.807) is 29.3 Å². The van der Waals surface area contributed by atoms with Crippen LogP contribution in [0.15, 0.2) is 66.9 Å². The highest BCUT2D eigenvalue weighted by Crippen LogP contribution is 2.22. The molecule has 0 spiro atoms. The fourth-order valence-electron chi connectivity index (χ4n) is 4.02. The van der Waals surface area contributed by atoms with Crippen LogP contribution in [0.5, 0.6) is 0 Å². The quantitative estimate of drug-likeness (QED) is 0.512. The van der Waals surface area contributed by atoms with E-state index in [1.165, 1.54) is 24.3 Å². The highest BCUT2D eigenvalue weighted by molar-refractivity contribution is 5.89. The van der Waals surface area contributed by atoms with E-state index in [0.717, 1.165) is 11.3 Å². The number of rotatable bonds is 4. The van der Waals surface area contributed by atoms with Crippen LogP contribution in [-0.4, -0.2) is 56.5 Å². The third-order valence-corrected chi connectivity index (χ3v) is 5.69. The molecule has 1 aliphatic heterocycles. The maximum atomic E-state index is 13.9. The summed E-state index contributed by atoms with van der Waals surface area (Å²) in [5, 5.41) is 2.63. The molecule has 7 nitrogen and oxygen atoms in total. The Balaban J connectivity index is 1.30. The van der Waals surface area contributed by atoms with Gasteiger partial charge in [0, 0.05) is 32.4 Å². The zero-order valence-electron chi connectivity index (χ0n) is 17.8. The number of nitrogens with zero attached hydrogens (tertiary/aromatic N) is 5. The number of amides is 2. The average molecular weight is 448 g/mol. The molecule has 0 saturated carbocycles. The zero-order valence-corrected chi connectivity index (χ0v) is 17.8. The van der Waals surface area contributed by atoms with E-state index in [-0.39, 0.29) is 17.5 Å². The SMILES string of the molecule is O=C(Nc1ccccc1F)N1CCN(Cc2nc3cccnc3n2-c2cccc(F)c2)CC1. The molecule has 0 bridgehead atoms. The van der Waals surface area contributed by atoms with Gasteiger partial charge in [0.15, 0.2) is 5.65 Å². The lowest BCUT2D eigenvalue weighted by Crippen LogP contribution is -2.49. The molecule has 2 aromatic carbocycles. The summed E-state index contributed by atoms with van der Waals surface area (Å²) >= 11 is 0. The fraction of sp³-hybridized carbons (Fsp3) is 0.208. The molecule has 1 N–H and O–H groups in total. The largest absolute Gasteiger partial charge is 0.322 e. The summed E-state index contributed by atoms with van der Waals surface area (Å²) < 4.78 is 29.6. The third kappa shape index (κ3) is 4.40. The van der Waals surface area contributed by atoms with Crippen LogP contribution in [0.3, 0.4) is 0 Å². The number of halogens is 2. The summed E-state index contributed by atoms with van der Waals surface area (Å²) in [6, 6.07) is 15.8. The first-order valence-electron chi connectivity index (χ1n) is 10.7. The number of fused-ring (bicyclic) bond motifs is 1. The Morgan fingerprint density at radius 1 is 0.970 bits per heavy atom. The lowest BCUT2D eigenvalue weighted by atomic mass is 10.3. The number of hydrogen-bond donors (Lipinski definition) is 1. The molecule has 4 aromatic rings. The molecule has 0 radical (unpaired) electrons. The van der Waals surface area contributed by atoms with Gasteiger partial charge in [-0.1, -0.05) is 18.2 Å². The van der Waals surface area contributed by atoms with E-state index >= 15 is 0 Å². The Kier molecular flexibility index (Phi) is 5.70. The number of aromatic nitrogens is 3. The monoisotopic (exact) mass is 448 g/mol. The lowest BCUT2D eigenvalue weighted by molar-refractivity contribution is 0.140. The summed E-state index contributed by atoms with van der Waals surface area (Å²) in [5.41, 5.74) is 2.23. The Labute approximate surface area is 189 Å². The predicted molar refractivity (Wildman–Crippen MR) is 121 cm³/mol. The number of urea groups is 1. The zero-order chi connectivity index (χ0) is 22.8. The molecule has 1 fully saturated rings. The maximum absolute atomic E-state index is 13.9. The topological polar surface area (TPSA) is 66.3 Å². The molecule has 1 aliphatic rings. The molecule has 33 heavy (non-hydrogen) atoms. The van der Waals surface area contributed by atoms with Crippen LogP contribution in [0.2, 0.25) is 0 Å². The standard InChI is InChI=1S/C24H22F2N6O/c25-17-5-3-6-18(15-17)32-22(28-21-9-4-10-27-23(21)32)16-30-11-13-31(14-12-30)24(33)29-20-8-2-1-7-19(20)26/h1-10,15H,11-14,16H2,(H,29,33). The van der Waals surface area contributed by atoms with Gasteiger partial charge in [-0.05, 0) is 42.5 Å². The van der Waals surface area contributed by atoms with Gasteiger partial charge < -0.3 is 10.2 Å². The molecular weight excluding hydrogens is 426 g/mol. The van der Waals surface area contributed by atoms with Crippen molar-refractivity contribution < 1.29 is 13.6 Å². The fourth-order valence-corrected chi connectivity index (χ4v) is 4.02. The highest BCUT2D eigenvalue weighted by Gasteiger charge is 2.24. The normalized spacial score (nSPS) is 14.5. The second kappa shape index (κ2) is 8.95. The van der Waals surface area contributed by atoms with Crippen LogP contribution >= 0.6 is 0 Å². The lowest BCUT2D eigenvalue weighted by Gasteiger charge is -2.34. The van der Waals surface area contributed by atoms with E-state index in [0.29, 0.717) is 44.1 Å². The van der Waals surface area contributed by atoms with Gasteiger partial charge in [0.1, 0.15) is 23.0 Å². The van der Waals surface area contributed by atoms with Crippen LogP contribution in [0.1, 0.15) is 5.82 Å². The Hall–Kier alpha value is -3.85. The minimum atomic E-state index is -0.464. The second-order valence-corrected chi connectivity index (χ2v) is 7.86. The van der Waals surface area contributed by atoms with Gasteiger partial charge in [-0.25, -0.2) is 23.5 Å². The van der Waals surface area contributed by atoms with Crippen LogP contribution in [-0.2, 0) is 6.54 Å². The van der Waals surface area contributed by atoms with Gasteiger partial charge in [0.25, 0.3) is 0 Å². The number of pyridine rings is 1. The van der Waals surface area contributed by atoms with E-state index in [2.05, 4.69) is 15.2 Å². The van der Waals surface area contributed by atoms with Crippen molar-refractivity contribution in [3.63, 3.8) is 0 Å². The van der Waals surface area contributed by atoms with Crippen molar-refractivity contribution in [3.05, 3.63) is 84.3 Å². The number of carbonyl (C=O) groups excluding carboxylic acids is 1. The van der Waals surface area contributed by atoms with Gasteiger partial charge in [-0.3, -0.25) is 9.47 Å². The van der Waals surface area contributed by atoms with Crippen molar-refractivity contribution in [2.24, 2.45) is 0 Å². The molecule has 2 aromatic heterocycles. The summed E-state index contributed by atoms with van der Waals surface area (Å²) in [5.74, 6) is -0.0429. The van der Waals surface area contributed by atoms with Gasteiger partial charge in [-0.2, -0.15) is 0 Å². The van der Waals surface area contributed by atoms with E-state index in [1.807, 2.05) is 22.8 Å². The number of para-hydroxylation sites is 1. The van der Waals surface area contributed by atoms with Gasteiger partial charge in [-0.15, -0.1) is 0 Å². The minimum Gasteiger partial charge on any atom is -0.322 e. The summed E-state index contributed by atoms with van der Waals surface area (Å²) in [6.45, 7) is 2.78. The van der Waals surface area contributed by atoms with E-state index in [9.17, 15) is 13.6 Å². The van der Waals surface area contributed by atoms with Gasteiger partial charge in [0.05, 0.1) is 17.9 Å². The first kappa shape index (κ1) is 21.0. The highest BCUT2D eigenvalue weighted by atomic mass is 19.1. The summed E-state index contributed by atoms with van der Waals surface area (Å²) in [4.78, 5) is 25.6. The average Bonchev–Trinajstić information content (AvgIpc) is 3.19. The van der Waals surface area contributed by atoms with Crippen molar-refractivity contribution in [1.29, 1.82) is 0 Å². The Morgan fingerprint density at radius 2 is 1.79 bits per heavy atom. The number of carbonyl (C=O) groups is 1. The van der Waals surface area contributed by atoms with Crippen LogP contribution in [0.25, 0.3) is 16.9 Å². The number of nitrogens with one attached hydrogen (secondary N) is 1. The smallest absolute Gasteiger partial charge is 0.322 e. The van der Waals surface area contributed by atoms with Crippen molar-refractivity contribution in [1.82, 2.24) is 24.3 Å². The maximum Gasteiger partial charge on any atom is 0.322 e. The van der Waals surface area contributed by atoms with Crippen LogP contribution in [0, 0.1) is 11.6 Å². The molecule has 0 aliphatic carbocycles. The molecule has 0 atom stereocenters. The van der Waals surface area contributed by atoms with Gasteiger partial charge in [0.2, 0.25) is 0 Å². The van der Waals surface area contributed by atoms with Crippen LogP contribution < -0.4 is 5.32 Å². The van der Waals surface area contributed by atoms with Crippen molar-refractivity contribution in [3.8, 4) is 5.69 Å². The molecule has 0 unspecified atom stereocenters. The Bertz CT molecular complexity index is 1300. The number of anilines is 1. The number of piperazine rings is 1. The molecular formula is C24H22F2N6O. The Morgan fingerprint density at radius 3 is 2.58 bits per heavy atom. The van der Waals surface area contributed by atoms with Crippen molar-refractivity contribution in [2.75, 3.05) is 31.5 Å². The number of hydrogen-bond acceptors (Lipinski definition) is 4. The van der Waals surface area contributed by atoms with E-state index < -0.39 is 5.82 Å². The second-order valence-electron chi connectivity index (χ2n) is 7.86. The number of imidazole rings is 1.